The number of benzene rings is 1. The van der Waals surface area contributed by atoms with Crippen LogP contribution in [0.2, 0.25) is 0 Å². The van der Waals surface area contributed by atoms with Crippen molar-refractivity contribution in [2.24, 2.45) is 0 Å². The zero-order chi connectivity index (χ0) is 19.7. The van der Waals surface area contributed by atoms with Crippen molar-refractivity contribution < 1.29 is 19.8 Å². The van der Waals surface area contributed by atoms with Crippen LogP contribution >= 0.6 is 11.3 Å². The fraction of sp³-hybridized carbons (Fsp3) is 0.368. The minimum absolute atomic E-state index is 0.0900. The van der Waals surface area contributed by atoms with E-state index in [0.29, 0.717) is 6.54 Å². The van der Waals surface area contributed by atoms with Gasteiger partial charge in [0.05, 0.1) is 11.6 Å². The molecule has 1 aromatic heterocycles. The molecule has 9 heteroatoms. The Bertz CT molecular complexity index is 906. The minimum Gasteiger partial charge on any atom is -0.478 e. The van der Waals surface area contributed by atoms with Gasteiger partial charge in [0.2, 0.25) is 5.13 Å². The molecule has 3 saturated heterocycles. The van der Waals surface area contributed by atoms with Crippen molar-refractivity contribution in [3.05, 3.63) is 42.0 Å². The van der Waals surface area contributed by atoms with Gasteiger partial charge in [0, 0.05) is 37.3 Å². The van der Waals surface area contributed by atoms with Crippen LogP contribution in [0.1, 0.15) is 12.8 Å². The van der Waals surface area contributed by atoms with Gasteiger partial charge in [-0.25, -0.2) is 9.59 Å². The van der Waals surface area contributed by atoms with E-state index in [4.69, 9.17) is 5.11 Å². The van der Waals surface area contributed by atoms with Crippen molar-refractivity contribution in [2.45, 2.75) is 24.9 Å². The van der Waals surface area contributed by atoms with E-state index in [9.17, 15) is 14.7 Å². The Kier molecular flexibility index (Phi) is 5.10. The van der Waals surface area contributed by atoms with Gasteiger partial charge < -0.3 is 15.1 Å². The number of rotatable bonds is 5. The van der Waals surface area contributed by atoms with Crippen LogP contribution in [-0.2, 0) is 9.59 Å². The summed E-state index contributed by atoms with van der Waals surface area (Å²) in [6, 6.07) is 9.55. The first kappa shape index (κ1) is 18.6. The normalized spacial score (nSPS) is 24.8. The molecule has 146 valence electrons. The first-order valence-corrected chi connectivity index (χ1v) is 9.92. The first-order chi connectivity index (χ1) is 13.5. The van der Waals surface area contributed by atoms with Gasteiger partial charge in [-0.3, -0.25) is 4.90 Å². The second-order valence-electron chi connectivity index (χ2n) is 6.93. The van der Waals surface area contributed by atoms with E-state index in [1.165, 1.54) is 11.3 Å². The highest BCUT2D eigenvalue weighted by Gasteiger charge is 2.39. The summed E-state index contributed by atoms with van der Waals surface area (Å²) in [5, 5.41) is 29.0. The lowest BCUT2D eigenvalue weighted by Crippen LogP contribution is -2.43. The van der Waals surface area contributed by atoms with E-state index in [1.807, 2.05) is 30.3 Å². The van der Waals surface area contributed by atoms with Crippen molar-refractivity contribution in [3.63, 3.8) is 0 Å². The molecule has 1 aromatic carbocycles. The van der Waals surface area contributed by atoms with Crippen LogP contribution in [-0.4, -0.2) is 69.0 Å². The Labute approximate surface area is 165 Å². The zero-order valence-electron chi connectivity index (χ0n) is 15.1. The molecule has 1 unspecified atom stereocenters. The maximum Gasteiger partial charge on any atom is 0.333 e. The molecule has 2 bridgehead atoms. The second kappa shape index (κ2) is 7.69. The molecule has 8 nitrogen and oxygen atoms in total. The molecule has 4 heterocycles. The lowest BCUT2D eigenvalue weighted by molar-refractivity contribution is -0.135. The molecule has 2 aromatic rings. The van der Waals surface area contributed by atoms with Crippen LogP contribution in [0.3, 0.4) is 0 Å². The number of aromatic nitrogens is 2. The monoisotopic (exact) mass is 400 g/mol. The molecule has 0 saturated carbocycles. The molecule has 1 atom stereocenters. The van der Waals surface area contributed by atoms with Gasteiger partial charge in [-0.2, -0.15) is 0 Å². The smallest absolute Gasteiger partial charge is 0.333 e. The van der Waals surface area contributed by atoms with E-state index in [0.717, 1.165) is 47.7 Å². The summed E-state index contributed by atoms with van der Waals surface area (Å²) in [5.41, 5.74) is 0.899. The predicted octanol–water partition coefficient (Wildman–Crippen LogP) is 1.95. The van der Waals surface area contributed by atoms with Gasteiger partial charge in [0.25, 0.3) is 0 Å². The number of carboxylic acids is 2. The number of nitrogens with zero attached hydrogens (tertiary/aromatic N) is 4. The van der Waals surface area contributed by atoms with Gasteiger partial charge in [0.15, 0.2) is 0 Å². The molecule has 5 rings (SSSR count). The van der Waals surface area contributed by atoms with E-state index in [1.54, 1.807) is 0 Å². The largest absolute Gasteiger partial charge is 0.478 e. The third-order valence-corrected chi connectivity index (χ3v) is 6.33. The van der Waals surface area contributed by atoms with Gasteiger partial charge in [0.1, 0.15) is 5.01 Å². The van der Waals surface area contributed by atoms with Gasteiger partial charge in [-0.15, -0.1) is 10.2 Å². The molecule has 0 aliphatic carbocycles. The van der Waals surface area contributed by atoms with E-state index in [2.05, 4.69) is 20.0 Å². The highest BCUT2D eigenvalue weighted by atomic mass is 32.1. The summed E-state index contributed by atoms with van der Waals surface area (Å²) in [5.74, 6) is -2.44. The van der Waals surface area contributed by atoms with Crippen molar-refractivity contribution in [1.82, 2.24) is 15.1 Å². The Morgan fingerprint density at radius 2 is 1.82 bits per heavy atom. The highest BCUT2D eigenvalue weighted by molar-refractivity contribution is 7.18. The molecular weight excluding hydrogens is 380 g/mol. The summed E-state index contributed by atoms with van der Waals surface area (Å²) in [7, 11) is 0. The summed E-state index contributed by atoms with van der Waals surface area (Å²) < 4.78 is 0. The number of hydrogen-bond donors (Lipinski definition) is 2. The summed E-state index contributed by atoms with van der Waals surface area (Å²) in [6.07, 6.45) is 2.59. The van der Waals surface area contributed by atoms with Crippen LogP contribution in [0.4, 0.5) is 5.13 Å². The molecule has 0 spiro atoms. The van der Waals surface area contributed by atoms with Crippen molar-refractivity contribution in [2.75, 3.05) is 24.5 Å². The van der Waals surface area contributed by atoms with E-state index >= 15 is 0 Å². The van der Waals surface area contributed by atoms with Crippen LogP contribution in [0.5, 0.6) is 0 Å². The Balaban J connectivity index is 1.67. The molecule has 0 amide bonds. The molecule has 3 fully saturated rings. The Morgan fingerprint density at radius 3 is 2.46 bits per heavy atom. The molecule has 0 radical (unpaired) electrons. The zero-order valence-corrected chi connectivity index (χ0v) is 15.9. The van der Waals surface area contributed by atoms with Gasteiger partial charge in [-0.1, -0.05) is 41.7 Å². The third-order valence-electron chi connectivity index (χ3n) is 5.32. The van der Waals surface area contributed by atoms with Crippen LogP contribution in [0.25, 0.3) is 10.6 Å². The fourth-order valence-electron chi connectivity index (χ4n) is 3.95. The molecule has 2 N–H and O–H groups in total. The number of hydrogen-bond acceptors (Lipinski definition) is 7. The first-order valence-electron chi connectivity index (χ1n) is 9.10. The standard InChI is InChI=1S/C19H20N4O4S/c24-16(25)10-14(18(26)27)15-11-23(13-6-8-22(15)9-7-13)19-21-20-17(28-19)12-4-2-1-3-5-12/h1-5,10,13,15H,6-9,11H2,(H,24,25)(H,26,27)/b14-10+. The molecule has 3 aliphatic heterocycles. The topological polar surface area (TPSA) is 107 Å². The summed E-state index contributed by atoms with van der Waals surface area (Å²) in [4.78, 5) is 27.1. The van der Waals surface area contributed by atoms with E-state index < -0.39 is 18.0 Å². The number of fused-ring (bicyclic) bond motifs is 4. The van der Waals surface area contributed by atoms with Gasteiger partial charge in [-0.05, 0) is 12.8 Å². The second-order valence-corrected chi connectivity index (χ2v) is 7.89. The summed E-state index contributed by atoms with van der Waals surface area (Å²) >= 11 is 1.48. The SMILES string of the molecule is O=C(O)/C=C(/C(=O)O)C1CN(c2nnc(-c3ccccc3)s2)C2CCN1CC2. The quantitative estimate of drug-likeness (QED) is 0.734. The van der Waals surface area contributed by atoms with Crippen molar-refractivity contribution in [1.29, 1.82) is 0 Å². The third kappa shape index (κ3) is 3.63. The maximum absolute atomic E-state index is 11.8. The van der Waals surface area contributed by atoms with Crippen molar-refractivity contribution >= 4 is 28.4 Å². The van der Waals surface area contributed by atoms with E-state index in [-0.39, 0.29) is 11.6 Å². The lowest BCUT2D eigenvalue weighted by Gasteiger charge is -2.31. The average molecular weight is 400 g/mol. The predicted molar refractivity (Wildman–Crippen MR) is 104 cm³/mol. The number of piperidine rings is 1. The minimum atomic E-state index is -1.24. The molecular formula is C19H20N4O4S. The fourth-order valence-corrected chi connectivity index (χ4v) is 4.88. The average Bonchev–Trinajstić information content (AvgIpc) is 3.04. The Morgan fingerprint density at radius 1 is 1.11 bits per heavy atom. The number of carbonyl (C=O) groups is 2. The Hall–Kier alpha value is -2.78. The van der Waals surface area contributed by atoms with Gasteiger partial charge >= 0.3 is 11.9 Å². The number of anilines is 1. The van der Waals surface area contributed by atoms with Crippen LogP contribution < -0.4 is 4.90 Å². The summed E-state index contributed by atoms with van der Waals surface area (Å²) in [6.45, 7) is 1.86. The number of aliphatic carboxylic acids is 2. The highest BCUT2D eigenvalue weighted by Crippen LogP contribution is 2.35. The molecule has 3 aliphatic rings. The van der Waals surface area contributed by atoms with Crippen molar-refractivity contribution in [3.8, 4) is 10.6 Å². The lowest BCUT2D eigenvalue weighted by atomic mass is 10.0. The van der Waals surface area contributed by atoms with Crippen LogP contribution in [0.15, 0.2) is 42.0 Å². The molecule has 28 heavy (non-hydrogen) atoms. The number of carboxylic acid groups (broad SMARTS) is 2. The maximum atomic E-state index is 11.8. The van der Waals surface area contributed by atoms with Crippen LogP contribution in [0, 0.1) is 0 Å².